The Morgan fingerprint density at radius 2 is 2.04 bits per heavy atom. The van der Waals surface area contributed by atoms with Gasteiger partial charge in [-0.3, -0.25) is 19.4 Å². The number of amides is 3. The molecule has 0 radical (unpaired) electrons. The Labute approximate surface area is 151 Å². The molecule has 0 saturated carbocycles. The Hall–Kier alpha value is -2.97. The Morgan fingerprint density at radius 3 is 2.62 bits per heavy atom. The van der Waals surface area contributed by atoms with Crippen LogP contribution < -0.4 is 5.32 Å². The van der Waals surface area contributed by atoms with Crippen LogP contribution in [0.25, 0.3) is 0 Å². The minimum absolute atomic E-state index is 0.0348. The molecule has 1 fully saturated rings. The first-order chi connectivity index (χ1) is 12.3. The van der Waals surface area contributed by atoms with Gasteiger partial charge >= 0.3 is 5.97 Å². The number of nitrogens with one attached hydrogen (secondary N) is 1. The first kappa shape index (κ1) is 19.4. The first-order valence-corrected chi connectivity index (χ1v) is 8.20. The van der Waals surface area contributed by atoms with Gasteiger partial charge in [0.1, 0.15) is 12.1 Å². The van der Waals surface area contributed by atoms with Gasteiger partial charge in [0, 0.05) is 32.4 Å². The number of carbonyl (C=O) groups is 4. The quantitative estimate of drug-likeness (QED) is 0.719. The lowest BCUT2D eigenvalue weighted by molar-refractivity contribution is -0.147. The SMILES string of the molecule is COC(=O)C(C)NC(=O)C1CN(C(=O)c2cccnc2)CCN1C(C)=O. The largest absolute Gasteiger partial charge is 0.467 e. The molecule has 1 aromatic heterocycles. The predicted octanol–water partition coefficient (Wildman–Crippen LogP) is -0.568. The highest BCUT2D eigenvalue weighted by Crippen LogP contribution is 2.14. The number of methoxy groups -OCH3 is 1. The zero-order chi connectivity index (χ0) is 19.3. The van der Waals surface area contributed by atoms with E-state index in [4.69, 9.17) is 0 Å². The minimum atomic E-state index is -0.881. The van der Waals surface area contributed by atoms with E-state index in [1.807, 2.05) is 0 Å². The summed E-state index contributed by atoms with van der Waals surface area (Å²) in [7, 11) is 1.22. The predicted molar refractivity (Wildman–Crippen MR) is 90.9 cm³/mol. The van der Waals surface area contributed by atoms with Crippen LogP contribution in [0.4, 0.5) is 0 Å². The van der Waals surface area contributed by atoms with Crippen molar-refractivity contribution in [2.24, 2.45) is 0 Å². The smallest absolute Gasteiger partial charge is 0.328 e. The fourth-order valence-corrected chi connectivity index (χ4v) is 2.79. The van der Waals surface area contributed by atoms with E-state index in [0.29, 0.717) is 12.1 Å². The standard InChI is InChI=1S/C17H22N4O5/c1-11(17(25)26-3)19-15(23)14-10-20(7-8-21(14)12(2)22)16(24)13-5-4-6-18-9-13/h4-6,9,11,14H,7-8,10H2,1-3H3,(H,19,23). The van der Waals surface area contributed by atoms with Crippen molar-refractivity contribution >= 4 is 23.7 Å². The molecule has 140 valence electrons. The van der Waals surface area contributed by atoms with E-state index in [9.17, 15) is 19.2 Å². The molecule has 2 atom stereocenters. The molecular formula is C17H22N4O5. The Morgan fingerprint density at radius 1 is 1.31 bits per heavy atom. The summed E-state index contributed by atoms with van der Waals surface area (Å²) in [6.07, 6.45) is 3.02. The van der Waals surface area contributed by atoms with Crippen LogP contribution in [0.5, 0.6) is 0 Å². The number of piperazine rings is 1. The second-order valence-electron chi connectivity index (χ2n) is 5.97. The minimum Gasteiger partial charge on any atom is -0.467 e. The van der Waals surface area contributed by atoms with Gasteiger partial charge in [-0.15, -0.1) is 0 Å². The van der Waals surface area contributed by atoms with E-state index in [-0.39, 0.29) is 24.9 Å². The van der Waals surface area contributed by atoms with Crippen molar-refractivity contribution < 1.29 is 23.9 Å². The summed E-state index contributed by atoms with van der Waals surface area (Å²) in [5.41, 5.74) is 0.408. The van der Waals surface area contributed by atoms with Gasteiger partial charge in [0.25, 0.3) is 5.91 Å². The molecule has 1 saturated heterocycles. The molecule has 1 aliphatic heterocycles. The monoisotopic (exact) mass is 362 g/mol. The van der Waals surface area contributed by atoms with Crippen molar-refractivity contribution in [1.29, 1.82) is 0 Å². The maximum absolute atomic E-state index is 12.6. The maximum atomic E-state index is 12.6. The molecule has 0 bridgehead atoms. The van der Waals surface area contributed by atoms with Gasteiger partial charge in [0.2, 0.25) is 11.8 Å². The van der Waals surface area contributed by atoms with Crippen LogP contribution in [0.1, 0.15) is 24.2 Å². The van der Waals surface area contributed by atoms with Crippen molar-refractivity contribution in [3.63, 3.8) is 0 Å². The summed E-state index contributed by atoms with van der Waals surface area (Å²) < 4.78 is 4.59. The molecule has 26 heavy (non-hydrogen) atoms. The van der Waals surface area contributed by atoms with Crippen LogP contribution in [0.3, 0.4) is 0 Å². The Bertz CT molecular complexity index is 694. The summed E-state index contributed by atoms with van der Waals surface area (Å²) in [6.45, 7) is 3.43. The highest BCUT2D eigenvalue weighted by Gasteiger charge is 2.37. The molecule has 9 heteroatoms. The van der Waals surface area contributed by atoms with Gasteiger partial charge in [-0.25, -0.2) is 4.79 Å². The van der Waals surface area contributed by atoms with Gasteiger partial charge in [-0.2, -0.15) is 0 Å². The number of carbonyl (C=O) groups excluding carboxylic acids is 4. The number of nitrogens with zero attached hydrogens (tertiary/aromatic N) is 3. The van der Waals surface area contributed by atoms with E-state index in [2.05, 4.69) is 15.0 Å². The molecule has 1 aliphatic rings. The van der Waals surface area contributed by atoms with Crippen LogP contribution in [0.15, 0.2) is 24.5 Å². The van der Waals surface area contributed by atoms with Crippen LogP contribution in [0, 0.1) is 0 Å². The molecule has 2 rings (SSSR count). The van der Waals surface area contributed by atoms with Crippen molar-refractivity contribution in [3.05, 3.63) is 30.1 Å². The normalized spacial score (nSPS) is 18.0. The summed E-state index contributed by atoms with van der Waals surface area (Å²) in [6, 6.07) is 1.56. The maximum Gasteiger partial charge on any atom is 0.328 e. The molecule has 0 spiro atoms. The van der Waals surface area contributed by atoms with Crippen LogP contribution in [0.2, 0.25) is 0 Å². The van der Waals surface area contributed by atoms with Gasteiger partial charge in [0.15, 0.2) is 0 Å². The lowest BCUT2D eigenvalue weighted by atomic mass is 10.1. The average molecular weight is 362 g/mol. The number of esters is 1. The second kappa shape index (κ2) is 8.41. The van der Waals surface area contributed by atoms with Crippen molar-refractivity contribution in [3.8, 4) is 0 Å². The summed E-state index contributed by atoms with van der Waals surface area (Å²) in [4.78, 5) is 55.4. The van der Waals surface area contributed by atoms with Crippen molar-refractivity contribution in [2.75, 3.05) is 26.7 Å². The van der Waals surface area contributed by atoms with E-state index >= 15 is 0 Å². The van der Waals surface area contributed by atoms with E-state index in [0.717, 1.165) is 0 Å². The van der Waals surface area contributed by atoms with E-state index in [1.165, 1.54) is 37.0 Å². The van der Waals surface area contributed by atoms with Crippen LogP contribution >= 0.6 is 0 Å². The van der Waals surface area contributed by atoms with E-state index in [1.54, 1.807) is 18.3 Å². The van der Waals surface area contributed by atoms with Gasteiger partial charge in [-0.05, 0) is 19.1 Å². The summed E-state index contributed by atoms with van der Waals surface area (Å²) in [5, 5.41) is 2.53. The second-order valence-corrected chi connectivity index (χ2v) is 5.97. The third-order valence-corrected chi connectivity index (χ3v) is 4.20. The lowest BCUT2D eigenvalue weighted by Gasteiger charge is -2.40. The molecule has 3 amide bonds. The molecule has 9 nitrogen and oxygen atoms in total. The molecule has 1 N–H and O–H groups in total. The zero-order valence-corrected chi connectivity index (χ0v) is 15.0. The van der Waals surface area contributed by atoms with Crippen molar-refractivity contribution in [2.45, 2.75) is 25.9 Å². The Kier molecular flexibility index (Phi) is 6.26. The average Bonchev–Trinajstić information content (AvgIpc) is 2.66. The molecule has 2 unspecified atom stereocenters. The number of ether oxygens (including phenoxy) is 1. The van der Waals surface area contributed by atoms with Crippen LogP contribution in [-0.2, 0) is 19.1 Å². The highest BCUT2D eigenvalue weighted by molar-refractivity contribution is 5.95. The highest BCUT2D eigenvalue weighted by atomic mass is 16.5. The third kappa shape index (κ3) is 4.35. The van der Waals surface area contributed by atoms with E-state index < -0.39 is 24.0 Å². The molecule has 2 heterocycles. The lowest BCUT2D eigenvalue weighted by Crippen LogP contribution is -2.62. The fourth-order valence-electron chi connectivity index (χ4n) is 2.79. The number of hydrogen-bond donors (Lipinski definition) is 1. The summed E-state index contributed by atoms with van der Waals surface area (Å²) in [5.74, 6) is -1.64. The van der Waals surface area contributed by atoms with Crippen LogP contribution in [-0.4, -0.2) is 77.3 Å². The van der Waals surface area contributed by atoms with Crippen molar-refractivity contribution in [1.82, 2.24) is 20.1 Å². The number of pyridine rings is 1. The summed E-state index contributed by atoms with van der Waals surface area (Å²) >= 11 is 0. The number of rotatable bonds is 4. The zero-order valence-electron chi connectivity index (χ0n) is 15.0. The molecule has 1 aromatic rings. The number of aromatic nitrogens is 1. The Balaban J connectivity index is 2.14. The third-order valence-electron chi connectivity index (χ3n) is 4.20. The fraction of sp³-hybridized carbons (Fsp3) is 0.471. The van der Waals surface area contributed by atoms with Gasteiger partial charge in [-0.1, -0.05) is 0 Å². The molecular weight excluding hydrogens is 340 g/mol. The molecule has 0 aromatic carbocycles. The topological polar surface area (TPSA) is 109 Å². The van der Waals surface area contributed by atoms with Gasteiger partial charge in [0.05, 0.1) is 19.2 Å². The number of hydrogen-bond acceptors (Lipinski definition) is 6. The van der Waals surface area contributed by atoms with Gasteiger partial charge < -0.3 is 19.9 Å². The molecule has 0 aliphatic carbocycles. The first-order valence-electron chi connectivity index (χ1n) is 8.20.